The second kappa shape index (κ2) is 3.15. The maximum atomic E-state index is 5.38. The van der Waals surface area contributed by atoms with Gasteiger partial charge in [0, 0.05) is 19.5 Å². The van der Waals surface area contributed by atoms with E-state index in [4.69, 9.17) is 18.0 Å². The Morgan fingerprint density at radius 3 is 2.64 bits per heavy atom. The quantitative estimate of drug-likeness (QED) is 0.697. The molecule has 0 aliphatic carbocycles. The van der Waals surface area contributed by atoms with E-state index in [9.17, 15) is 0 Å². The van der Waals surface area contributed by atoms with Crippen molar-refractivity contribution in [1.29, 1.82) is 0 Å². The molecule has 1 aromatic rings. The zero-order valence-corrected chi connectivity index (χ0v) is 8.00. The van der Waals surface area contributed by atoms with Gasteiger partial charge in [0.1, 0.15) is 10.7 Å². The van der Waals surface area contributed by atoms with Crippen molar-refractivity contribution in [2.24, 2.45) is 5.73 Å². The van der Waals surface area contributed by atoms with E-state index in [-0.39, 0.29) is 0 Å². The summed E-state index contributed by atoms with van der Waals surface area (Å²) in [7, 11) is 3.87. The van der Waals surface area contributed by atoms with Gasteiger partial charge in [-0.05, 0) is 0 Å². The molecule has 0 saturated carbocycles. The van der Waals surface area contributed by atoms with E-state index < -0.39 is 0 Å². The molecule has 0 aliphatic heterocycles. The first-order valence-corrected chi connectivity index (χ1v) is 4.32. The molecule has 0 spiro atoms. The summed E-state index contributed by atoms with van der Waals surface area (Å²) in [5, 5.41) is 2.78. The molecule has 0 unspecified atom stereocenters. The van der Waals surface area contributed by atoms with Crippen molar-refractivity contribution >= 4 is 33.7 Å². The van der Waals surface area contributed by atoms with Crippen molar-refractivity contribution in [2.75, 3.05) is 19.0 Å². The standard InChI is InChI=1S/C6H9N3S2/c1-9(2)6-8-4(3-11-6)5(7)10/h3H,1-2H3,(H2,7,10). The number of thiazole rings is 1. The molecule has 0 bridgehead atoms. The van der Waals surface area contributed by atoms with Gasteiger partial charge in [-0.15, -0.1) is 11.3 Å². The monoisotopic (exact) mass is 187 g/mol. The molecule has 0 atom stereocenters. The molecule has 0 fully saturated rings. The summed E-state index contributed by atoms with van der Waals surface area (Å²) in [6, 6.07) is 0. The van der Waals surface area contributed by atoms with Crippen LogP contribution in [0.25, 0.3) is 0 Å². The Bertz CT molecular complexity index is 267. The average Bonchev–Trinajstić information content (AvgIpc) is 2.33. The summed E-state index contributed by atoms with van der Waals surface area (Å²) in [6.45, 7) is 0. The molecule has 3 nitrogen and oxygen atoms in total. The molecular formula is C6H9N3S2. The van der Waals surface area contributed by atoms with Crippen molar-refractivity contribution in [3.8, 4) is 0 Å². The highest BCUT2D eigenvalue weighted by atomic mass is 32.1. The molecule has 0 radical (unpaired) electrons. The number of rotatable bonds is 2. The summed E-state index contributed by atoms with van der Waals surface area (Å²) in [5.74, 6) is 0. The number of thiocarbonyl (C=S) groups is 1. The van der Waals surface area contributed by atoms with E-state index in [1.54, 1.807) is 0 Å². The lowest BCUT2D eigenvalue weighted by atomic mass is 10.5. The van der Waals surface area contributed by atoms with Crippen molar-refractivity contribution in [3.05, 3.63) is 11.1 Å². The molecular weight excluding hydrogens is 178 g/mol. The van der Waals surface area contributed by atoms with E-state index in [0.717, 1.165) is 5.13 Å². The van der Waals surface area contributed by atoms with Gasteiger partial charge < -0.3 is 10.6 Å². The third-order valence-corrected chi connectivity index (χ3v) is 2.34. The highest BCUT2D eigenvalue weighted by Crippen LogP contribution is 2.17. The second-order valence-electron chi connectivity index (χ2n) is 2.27. The van der Waals surface area contributed by atoms with Gasteiger partial charge in [0.25, 0.3) is 0 Å². The van der Waals surface area contributed by atoms with Gasteiger partial charge in [0.05, 0.1) is 0 Å². The Morgan fingerprint density at radius 2 is 2.36 bits per heavy atom. The van der Waals surface area contributed by atoms with Crippen LogP contribution in [-0.2, 0) is 0 Å². The SMILES string of the molecule is CN(C)c1nc(C(N)=S)cs1. The maximum absolute atomic E-state index is 5.38. The molecule has 0 aromatic carbocycles. The fraction of sp³-hybridized carbons (Fsp3) is 0.333. The molecule has 1 rings (SSSR count). The van der Waals surface area contributed by atoms with E-state index >= 15 is 0 Å². The molecule has 5 heteroatoms. The minimum atomic E-state index is 0.356. The number of hydrogen-bond donors (Lipinski definition) is 1. The lowest BCUT2D eigenvalue weighted by Crippen LogP contribution is -2.12. The molecule has 0 amide bonds. The molecule has 0 saturated heterocycles. The third-order valence-electron chi connectivity index (χ3n) is 1.13. The highest BCUT2D eigenvalue weighted by Gasteiger charge is 2.04. The topological polar surface area (TPSA) is 42.2 Å². The van der Waals surface area contributed by atoms with Crippen LogP contribution < -0.4 is 10.6 Å². The molecule has 11 heavy (non-hydrogen) atoms. The van der Waals surface area contributed by atoms with Crippen LogP contribution in [0.5, 0.6) is 0 Å². The van der Waals surface area contributed by atoms with E-state index in [0.29, 0.717) is 10.7 Å². The maximum Gasteiger partial charge on any atom is 0.185 e. The Labute approximate surface area is 74.8 Å². The van der Waals surface area contributed by atoms with E-state index in [2.05, 4.69) is 4.98 Å². The van der Waals surface area contributed by atoms with Gasteiger partial charge in [-0.2, -0.15) is 0 Å². The van der Waals surface area contributed by atoms with E-state index in [1.807, 2.05) is 24.4 Å². The summed E-state index contributed by atoms with van der Waals surface area (Å²) >= 11 is 6.30. The average molecular weight is 187 g/mol. The summed E-state index contributed by atoms with van der Waals surface area (Å²) < 4.78 is 0. The van der Waals surface area contributed by atoms with Gasteiger partial charge in [-0.25, -0.2) is 4.98 Å². The van der Waals surface area contributed by atoms with Crippen LogP contribution in [-0.4, -0.2) is 24.1 Å². The predicted molar refractivity (Wildman–Crippen MR) is 52.3 cm³/mol. The Hall–Kier alpha value is -0.680. The molecule has 1 aromatic heterocycles. The number of aromatic nitrogens is 1. The lowest BCUT2D eigenvalue weighted by molar-refractivity contribution is 1.10. The number of nitrogens with zero attached hydrogens (tertiary/aromatic N) is 2. The fourth-order valence-corrected chi connectivity index (χ4v) is 1.52. The summed E-state index contributed by atoms with van der Waals surface area (Å²) in [6.07, 6.45) is 0. The summed E-state index contributed by atoms with van der Waals surface area (Å²) in [4.78, 5) is 6.47. The van der Waals surface area contributed by atoms with Crippen LogP contribution in [0, 0.1) is 0 Å². The van der Waals surface area contributed by atoms with Crippen LogP contribution in [0.15, 0.2) is 5.38 Å². The molecule has 60 valence electrons. The van der Waals surface area contributed by atoms with Crippen molar-refractivity contribution in [2.45, 2.75) is 0 Å². The first-order chi connectivity index (χ1) is 5.11. The largest absolute Gasteiger partial charge is 0.388 e. The van der Waals surface area contributed by atoms with Crippen LogP contribution in [0.3, 0.4) is 0 Å². The number of anilines is 1. The molecule has 1 heterocycles. The minimum absolute atomic E-state index is 0.356. The minimum Gasteiger partial charge on any atom is -0.388 e. The Kier molecular flexibility index (Phi) is 2.41. The van der Waals surface area contributed by atoms with Gasteiger partial charge in [-0.1, -0.05) is 12.2 Å². The fourth-order valence-electron chi connectivity index (χ4n) is 0.583. The molecule has 0 aliphatic rings. The first-order valence-electron chi connectivity index (χ1n) is 3.04. The molecule has 2 N–H and O–H groups in total. The Morgan fingerprint density at radius 1 is 1.73 bits per heavy atom. The van der Waals surface area contributed by atoms with Crippen LogP contribution >= 0.6 is 23.6 Å². The van der Waals surface area contributed by atoms with Crippen LogP contribution in [0.2, 0.25) is 0 Å². The normalized spacial score (nSPS) is 9.64. The van der Waals surface area contributed by atoms with Gasteiger partial charge in [0.2, 0.25) is 0 Å². The van der Waals surface area contributed by atoms with Gasteiger partial charge in [0.15, 0.2) is 5.13 Å². The van der Waals surface area contributed by atoms with E-state index in [1.165, 1.54) is 11.3 Å². The van der Waals surface area contributed by atoms with Crippen LogP contribution in [0.4, 0.5) is 5.13 Å². The van der Waals surface area contributed by atoms with Crippen LogP contribution in [0.1, 0.15) is 5.69 Å². The Balaban J connectivity index is 2.90. The van der Waals surface area contributed by atoms with Gasteiger partial charge >= 0.3 is 0 Å². The smallest absolute Gasteiger partial charge is 0.185 e. The second-order valence-corrected chi connectivity index (χ2v) is 3.55. The summed E-state index contributed by atoms with van der Waals surface area (Å²) in [5.41, 5.74) is 6.09. The van der Waals surface area contributed by atoms with Gasteiger partial charge in [-0.3, -0.25) is 0 Å². The van der Waals surface area contributed by atoms with Crippen molar-refractivity contribution in [3.63, 3.8) is 0 Å². The first kappa shape index (κ1) is 8.42. The zero-order valence-electron chi connectivity index (χ0n) is 6.37. The third kappa shape index (κ3) is 1.87. The number of nitrogens with two attached hydrogens (primary N) is 1. The zero-order chi connectivity index (χ0) is 8.43. The number of hydrogen-bond acceptors (Lipinski definition) is 4. The van der Waals surface area contributed by atoms with Crippen molar-refractivity contribution in [1.82, 2.24) is 4.98 Å². The van der Waals surface area contributed by atoms with Crippen molar-refractivity contribution < 1.29 is 0 Å². The highest BCUT2D eigenvalue weighted by molar-refractivity contribution is 7.80. The lowest BCUT2D eigenvalue weighted by Gasteiger charge is -2.05. The predicted octanol–water partition coefficient (Wildman–Crippen LogP) is 0.843.